The quantitative estimate of drug-likeness (QED) is 0.318. The van der Waals surface area contributed by atoms with Gasteiger partial charge in [0.2, 0.25) is 10.9 Å². The first-order valence-electron chi connectivity index (χ1n) is 9.99. The number of nitrogens with zero attached hydrogens (tertiary/aromatic N) is 2. The molecule has 0 spiro atoms. The van der Waals surface area contributed by atoms with Crippen LogP contribution in [-0.4, -0.2) is 46.2 Å². The van der Waals surface area contributed by atoms with E-state index in [1.54, 1.807) is 34.7 Å². The summed E-state index contributed by atoms with van der Waals surface area (Å²) >= 11 is 1.45. The van der Waals surface area contributed by atoms with E-state index in [0.29, 0.717) is 40.5 Å². The highest BCUT2D eigenvalue weighted by Gasteiger charge is 2.14. The third-order valence-corrected chi connectivity index (χ3v) is 5.24. The first-order valence-corrected chi connectivity index (χ1v) is 10.9. The van der Waals surface area contributed by atoms with E-state index in [2.05, 4.69) is 15.5 Å². The largest absolute Gasteiger partial charge is 0.493 e. The predicted octanol–water partition coefficient (Wildman–Crippen LogP) is 5.08. The zero-order chi connectivity index (χ0) is 22.9. The molecule has 0 amide bonds. The second kappa shape index (κ2) is 11.2. The molecule has 3 aromatic rings. The number of thiazole rings is 1. The van der Waals surface area contributed by atoms with Crippen LogP contribution in [0, 0.1) is 0 Å². The molecule has 9 heteroatoms. The van der Waals surface area contributed by atoms with Gasteiger partial charge >= 0.3 is 0 Å². The first-order chi connectivity index (χ1) is 15.6. The Kier molecular flexibility index (Phi) is 8.15. The molecule has 0 saturated carbocycles. The van der Waals surface area contributed by atoms with Gasteiger partial charge in [-0.1, -0.05) is 6.92 Å². The maximum Gasteiger partial charge on any atom is 0.203 e. The van der Waals surface area contributed by atoms with Crippen LogP contribution in [0.15, 0.2) is 40.8 Å². The van der Waals surface area contributed by atoms with Crippen LogP contribution < -0.4 is 29.1 Å². The number of hydrazone groups is 1. The average molecular weight is 458 g/mol. The van der Waals surface area contributed by atoms with Gasteiger partial charge in [0.1, 0.15) is 0 Å². The van der Waals surface area contributed by atoms with Crippen LogP contribution in [0.2, 0.25) is 0 Å². The Balaban J connectivity index is 1.74. The summed E-state index contributed by atoms with van der Waals surface area (Å²) in [6.45, 7) is 2.62. The van der Waals surface area contributed by atoms with Crippen molar-refractivity contribution < 1.29 is 23.7 Å². The first kappa shape index (κ1) is 23.2. The molecule has 0 aliphatic rings. The molecule has 0 aliphatic carbocycles. The summed E-state index contributed by atoms with van der Waals surface area (Å²) < 4.78 is 27.3. The maximum atomic E-state index is 5.77. The van der Waals surface area contributed by atoms with Crippen LogP contribution >= 0.6 is 11.3 Å². The van der Waals surface area contributed by atoms with Gasteiger partial charge in [0.05, 0.1) is 47.0 Å². The summed E-state index contributed by atoms with van der Waals surface area (Å²) in [5, 5.41) is 6.91. The van der Waals surface area contributed by atoms with E-state index in [0.717, 1.165) is 23.2 Å². The van der Waals surface area contributed by atoms with Crippen LogP contribution in [0.1, 0.15) is 18.9 Å². The van der Waals surface area contributed by atoms with E-state index in [4.69, 9.17) is 23.7 Å². The Morgan fingerprint density at radius 1 is 0.938 bits per heavy atom. The Hall–Kier alpha value is -3.46. The summed E-state index contributed by atoms with van der Waals surface area (Å²) in [6, 6.07) is 9.37. The second-order valence-corrected chi connectivity index (χ2v) is 7.44. The molecule has 1 N–H and O–H groups in total. The van der Waals surface area contributed by atoms with Gasteiger partial charge in [-0.15, -0.1) is 11.3 Å². The van der Waals surface area contributed by atoms with E-state index in [1.165, 1.54) is 11.3 Å². The van der Waals surface area contributed by atoms with Gasteiger partial charge in [-0.2, -0.15) is 5.10 Å². The molecule has 1 heterocycles. The molecule has 0 aliphatic heterocycles. The zero-order valence-corrected chi connectivity index (χ0v) is 19.6. The topological polar surface area (TPSA) is 83.4 Å². The molecule has 0 unspecified atom stereocenters. The summed E-state index contributed by atoms with van der Waals surface area (Å²) in [7, 11) is 6.41. The minimum atomic E-state index is 0.578. The van der Waals surface area contributed by atoms with Crippen LogP contribution in [0.3, 0.4) is 0 Å². The third-order valence-electron chi connectivity index (χ3n) is 4.49. The molecule has 1 aromatic heterocycles. The van der Waals surface area contributed by atoms with Crippen molar-refractivity contribution in [1.82, 2.24) is 4.98 Å². The highest BCUT2D eigenvalue weighted by molar-refractivity contribution is 7.14. The van der Waals surface area contributed by atoms with Crippen molar-refractivity contribution >= 4 is 22.7 Å². The number of rotatable bonds is 11. The van der Waals surface area contributed by atoms with Gasteiger partial charge in [-0.3, -0.25) is 5.43 Å². The number of anilines is 1. The normalized spacial score (nSPS) is 10.8. The summed E-state index contributed by atoms with van der Waals surface area (Å²) in [6.07, 6.45) is 2.56. The lowest BCUT2D eigenvalue weighted by atomic mass is 10.1. The van der Waals surface area contributed by atoms with E-state index in [-0.39, 0.29) is 0 Å². The van der Waals surface area contributed by atoms with E-state index in [1.807, 2.05) is 42.6 Å². The van der Waals surface area contributed by atoms with Gasteiger partial charge in [0.15, 0.2) is 23.0 Å². The zero-order valence-electron chi connectivity index (χ0n) is 18.8. The fourth-order valence-electron chi connectivity index (χ4n) is 2.94. The highest BCUT2D eigenvalue weighted by atomic mass is 32.1. The molecule has 2 aromatic carbocycles. The molecule has 8 nitrogen and oxygen atoms in total. The van der Waals surface area contributed by atoms with Crippen LogP contribution in [0.4, 0.5) is 5.13 Å². The molecule has 0 radical (unpaired) electrons. The van der Waals surface area contributed by atoms with Crippen molar-refractivity contribution in [2.45, 2.75) is 13.3 Å². The van der Waals surface area contributed by atoms with Crippen molar-refractivity contribution in [2.24, 2.45) is 5.10 Å². The standard InChI is InChI=1S/C23H27N3O5S/c1-6-9-31-22-20(29-4)10-15(11-21(22)30-5)13-24-26-23-25-17(14-32-23)16-7-8-18(27-2)19(12-16)28-3/h7-8,10-14H,6,9H2,1-5H3,(H,25,26)/b24-13-. The fraction of sp³-hybridized carbons (Fsp3) is 0.304. The number of benzene rings is 2. The number of aromatic nitrogens is 1. The number of hydrogen-bond donors (Lipinski definition) is 1. The molecular formula is C23H27N3O5S. The van der Waals surface area contributed by atoms with Gasteiger partial charge in [-0.05, 0) is 36.8 Å². The van der Waals surface area contributed by atoms with Crippen molar-refractivity contribution in [2.75, 3.05) is 40.5 Å². The monoisotopic (exact) mass is 457 g/mol. The highest BCUT2D eigenvalue weighted by Crippen LogP contribution is 2.38. The Morgan fingerprint density at radius 3 is 2.25 bits per heavy atom. The summed E-state index contributed by atoms with van der Waals surface area (Å²) in [4.78, 5) is 4.59. The number of ether oxygens (including phenoxy) is 5. The van der Waals surface area contributed by atoms with Crippen LogP contribution in [-0.2, 0) is 0 Å². The molecule has 0 atom stereocenters. The minimum absolute atomic E-state index is 0.578. The van der Waals surface area contributed by atoms with Gasteiger partial charge in [0.25, 0.3) is 0 Å². The third kappa shape index (κ3) is 5.42. The lowest BCUT2D eigenvalue weighted by molar-refractivity contribution is 0.275. The van der Waals surface area contributed by atoms with E-state index >= 15 is 0 Å². The van der Waals surface area contributed by atoms with Crippen LogP contribution in [0.5, 0.6) is 28.7 Å². The van der Waals surface area contributed by atoms with Crippen molar-refractivity contribution in [3.8, 4) is 40.0 Å². The molecule has 0 saturated heterocycles. The number of methoxy groups -OCH3 is 4. The molecule has 32 heavy (non-hydrogen) atoms. The number of nitrogens with one attached hydrogen (secondary N) is 1. The molecule has 170 valence electrons. The smallest absolute Gasteiger partial charge is 0.203 e. The average Bonchev–Trinajstić information content (AvgIpc) is 3.30. The fourth-order valence-corrected chi connectivity index (χ4v) is 3.60. The Morgan fingerprint density at radius 2 is 1.62 bits per heavy atom. The number of hydrogen-bond acceptors (Lipinski definition) is 9. The lowest BCUT2D eigenvalue weighted by Gasteiger charge is -2.14. The van der Waals surface area contributed by atoms with Crippen molar-refractivity contribution in [1.29, 1.82) is 0 Å². The van der Waals surface area contributed by atoms with Gasteiger partial charge in [0, 0.05) is 16.5 Å². The lowest BCUT2D eigenvalue weighted by Crippen LogP contribution is -2.01. The van der Waals surface area contributed by atoms with Crippen molar-refractivity contribution in [3.05, 3.63) is 41.3 Å². The van der Waals surface area contributed by atoms with E-state index < -0.39 is 0 Å². The summed E-state index contributed by atoms with van der Waals surface area (Å²) in [5.41, 5.74) is 5.50. The molecule has 0 bridgehead atoms. The Bertz CT molecular complexity index is 1040. The molecular weight excluding hydrogens is 430 g/mol. The Labute approximate surface area is 191 Å². The predicted molar refractivity (Wildman–Crippen MR) is 127 cm³/mol. The molecule has 3 rings (SSSR count). The minimum Gasteiger partial charge on any atom is -0.493 e. The van der Waals surface area contributed by atoms with Crippen LogP contribution in [0.25, 0.3) is 11.3 Å². The van der Waals surface area contributed by atoms with Crippen molar-refractivity contribution in [3.63, 3.8) is 0 Å². The maximum absolute atomic E-state index is 5.77. The van der Waals surface area contributed by atoms with Gasteiger partial charge < -0.3 is 23.7 Å². The summed E-state index contributed by atoms with van der Waals surface area (Å²) in [5.74, 6) is 3.08. The SMILES string of the molecule is CCCOc1c(OC)cc(/C=N\Nc2nc(-c3ccc(OC)c(OC)c3)cs2)cc1OC. The van der Waals surface area contributed by atoms with E-state index in [9.17, 15) is 0 Å². The second-order valence-electron chi connectivity index (χ2n) is 6.58. The van der Waals surface area contributed by atoms with Gasteiger partial charge in [-0.25, -0.2) is 4.98 Å². The molecule has 0 fully saturated rings.